The van der Waals surface area contributed by atoms with Crippen LogP contribution in [-0.4, -0.2) is 0 Å². The van der Waals surface area contributed by atoms with Gasteiger partial charge in [0, 0.05) is 0 Å². The van der Waals surface area contributed by atoms with E-state index in [1.54, 1.807) is 12.2 Å². The summed E-state index contributed by atoms with van der Waals surface area (Å²) >= 11 is 0. The van der Waals surface area contributed by atoms with Gasteiger partial charge in [0.2, 0.25) is 0 Å². The van der Waals surface area contributed by atoms with Crippen molar-refractivity contribution in [3.63, 3.8) is 0 Å². The van der Waals surface area contributed by atoms with Crippen molar-refractivity contribution in [1.82, 2.24) is 0 Å². The van der Waals surface area contributed by atoms with Crippen LogP contribution >= 0.6 is 0 Å². The molecule has 0 aromatic rings. The van der Waals surface area contributed by atoms with Gasteiger partial charge in [0.05, 0.1) is 0 Å². The molecule has 0 heterocycles. The third kappa shape index (κ3) is 4.94. The van der Waals surface area contributed by atoms with Gasteiger partial charge in [0.15, 0.2) is 0 Å². The van der Waals surface area contributed by atoms with Gasteiger partial charge in [0.1, 0.15) is 0 Å². The van der Waals surface area contributed by atoms with Crippen molar-refractivity contribution in [2.75, 3.05) is 0 Å². The Bertz CT molecular complexity index is 322. The molecule has 14 heavy (non-hydrogen) atoms. The molecule has 0 radical (unpaired) electrons. The number of hydrogen-bond acceptors (Lipinski definition) is 0. The normalized spacial score (nSPS) is 10.3. The average Bonchev–Trinajstić information content (AvgIpc) is 2.21. The zero-order valence-electron chi connectivity index (χ0n) is 8.50. The Balaban J connectivity index is 4.35. The van der Waals surface area contributed by atoms with Crippen molar-refractivity contribution in [3.05, 3.63) is 86.1 Å². The first-order chi connectivity index (χ1) is 6.61. The third-order valence-corrected chi connectivity index (χ3v) is 1.61. The molecule has 0 heteroatoms. The van der Waals surface area contributed by atoms with E-state index in [0.29, 0.717) is 0 Å². The fourth-order valence-corrected chi connectivity index (χ4v) is 0.674. The Morgan fingerprint density at radius 2 is 1.36 bits per heavy atom. The Kier molecular flexibility index (Phi) is 5.80. The Morgan fingerprint density at radius 3 is 1.86 bits per heavy atom. The van der Waals surface area contributed by atoms with Gasteiger partial charge in [-0.2, -0.15) is 0 Å². The van der Waals surface area contributed by atoms with Crippen LogP contribution in [0.1, 0.15) is 0 Å². The number of allylic oxidation sites excluding steroid dienone is 9. The molecular formula is C14H16. The quantitative estimate of drug-likeness (QED) is 0.544. The molecule has 0 atom stereocenters. The van der Waals surface area contributed by atoms with E-state index in [1.165, 1.54) is 0 Å². The van der Waals surface area contributed by atoms with E-state index in [9.17, 15) is 0 Å². The van der Waals surface area contributed by atoms with Gasteiger partial charge in [-0.3, -0.25) is 0 Å². The molecule has 0 bridgehead atoms. The predicted molar refractivity (Wildman–Crippen MR) is 66.1 cm³/mol. The summed E-state index contributed by atoms with van der Waals surface area (Å²) in [6.45, 7) is 18.7. The lowest BCUT2D eigenvalue weighted by Crippen LogP contribution is -1.77. The number of hydrogen-bond donors (Lipinski definition) is 0. The van der Waals surface area contributed by atoms with Gasteiger partial charge >= 0.3 is 0 Å². The highest BCUT2D eigenvalue weighted by molar-refractivity contribution is 5.45. The molecule has 0 saturated carbocycles. The molecule has 72 valence electrons. The van der Waals surface area contributed by atoms with Crippen molar-refractivity contribution in [1.29, 1.82) is 0 Å². The fraction of sp³-hybridized carbons (Fsp3) is 0. The summed E-state index contributed by atoms with van der Waals surface area (Å²) in [5.74, 6) is 0. The Hall–Kier alpha value is -1.82. The zero-order chi connectivity index (χ0) is 11.0. The molecule has 0 N–H and O–H groups in total. The predicted octanol–water partition coefficient (Wildman–Crippen LogP) is 4.14. The van der Waals surface area contributed by atoms with E-state index < -0.39 is 0 Å². The molecule has 0 aromatic heterocycles. The van der Waals surface area contributed by atoms with Crippen LogP contribution in [0.25, 0.3) is 0 Å². The summed E-state index contributed by atoms with van der Waals surface area (Å²) in [7, 11) is 0. The van der Waals surface area contributed by atoms with E-state index in [0.717, 1.165) is 16.7 Å². The third-order valence-electron chi connectivity index (χ3n) is 1.61. The Morgan fingerprint density at radius 1 is 0.786 bits per heavy atom. The minimum Gasteiger partial charge on any atom is -0.0991 e. The van der Waals surface area contributed by atoms with Crippen LogP contribution in [0.3, 0.4) is 0 Å². The highest BCUT2D eigenvalue weighted by Gasteiger charge is 1.89. The highest BCUT2D eigenvalue weighted by atomic mass is 13.9. The molecule has 0 aliphatic carbocycles. The first-order valence-corrected chi connectivity index (χ1v) is 4.28. The largest absolute Gasteiger partial charge is 0.0991 e. The highest BCUT2D eigenvalue weighted by Crippen LogP contribution is 2.09. The first-order valence-electron chi connectivity index (χ1n) is 4.28. The molecule has 0 aliphatic heterocycles. The van der Waals surface area contributed by atoms with Crippen molar-refractivity contribution in [2.24, 2.45) is 0 Å². The molecular weight excluding hydrogens is 168 g/mol. The molecule has 0 aliphatic rings. The summed E-state index contributed by atoms with van der Waals surface area (Å²) in [5, 5.41) is 0. The minimum atomic E-state index is 0.853. The van der Waals surface area contributed by atoms with E-state index >= 15 is 0 Å². The monoisotopic (exact) mass is 184 g/mol. The van der Waals surface area contributed by atoms with Crippen LogP contribution in [0.15, 0.2) is 86.1 Å². The van der Waals surface area contributed by atoms with E-state index in [2.05, 4.69) is 32.9 Å². The van der Waals surface area contributed by atoms with Gasteiger partial charge < -0.3 is 0 Å². The summed E-state index contributed by atoms with van der Waals surface area (Å²) < 4.78 is 0. The topological polar surface area (TPSA) is 0 Å². The van der Waals surface area contributed by atoms with Crippen LogP contribution < -0.4 is 0 Å². The van der Waals surface area contributed by atoms with Crippen LogP contribution in [0.5, 0.6) is 0 Å². The molecule has 0 nitrogen and oxygen atoms in total. The smallest absolute Gasteiger partial charge is 0.0262 e. The van der Waals surface area contributed by atoms with Crippen molar-refractivity contribution in [2.45, 2.75) is 0 Å². The average molecular weight is 184 g/mol. The maximum absolute atomic E-state index is 3.87. The summed E-state index contributed by atoms with van der Waals surface area (Å²) in [5.41, 5.74) is 2.57. The SMILES string of the molecule is C=CC=CC(=C)C(=C)C=CC(=C)C=C. The molecule has 0 aromatic carbocycles. The molecule has 0 rings (SSSR count). The zero-order valence-corrected chi connectivity index (χ0v) is 8.50. The van der Waals surface area contributed by atoms with Gasteiger partial charge in [-0.25, -0.2) is 0 Å². The second-order valence-electron chi connectivity index (χ2n) is 2.76. The maximum Gasteiger partial charge on any atom is -0.0262 e. The summed E-state index contributed by atoms with van der Waals surface area (Å²) in [4.78, 5) is 0. The lowest BCUT2D eigenvalue weighted by molar-refractivity contribution is 1.58. The van der Waals surface area contributed by atoms with Crippen LogP contribution in [-0.2, 0) is 0 Å². The van der Waals surface area contributed by atoms with Crippen LogP contribution in [0, 0.1) is 0 Å². The summed E-state index contributed by atoms with van der Waals surface area (Å²) in [6.07, 6.45) is 10.8. The van der Waals surface area contributed by atoms with Gasteiger partial charge in [-0.05, 0) is 16.7 Å². The van der Waals surface area contributed by atoms with E-state index in [-0.39, 0.29) is 0 Å². The molecule has 0 amide bonds. The van der Waals surface area contributed by atoms with Crippen LogP contribution in [0.4, 0.5) is 0 Å². The van der Waals surface area contributed by atoms with Crippen molar-refractivity contribution in [3.8, 4) is 0 Å². The minimum absolute atomic E-state index is 0.853. The van der Waals surface area contributed by atoms with Gasteiger partial charge in [-0.1, -0.05) is 69.4 Å². The lowest BCUT2D eigenvalue weighted by atomic mass is 10.1. The maximum atomic E-state index is 3.87. The first kappa shape index (κ1) is 12.2. The summed E-state index contributed by atoms with van der Waals surface area (Å²) in [6, 6.07) is 0. The van der Waals surface area contributed by atoms with E-state index in [1.807, 2.05) is 24.3 Å². The Labute approximate surface area is 86.7 Å². The second-order valence-corrected chi connectivity index (χ2v) is 2.76. The lowest BCUT2D eigenvalue weighted by Gasteiger charge is -1.97. The second kappa shape index (κ2) is 6.67. The molecule has 0 unspecified atom stereocenters. The van der Waals surface area contributed by atoms with Crippen molar-refractivity contribution >= 4 is 0 Å². The van der Waals surface area contributed by atoms with Crippen molar-refractivity contribution < 1.29 is 0 Å². The fourth-order valence-electron chi connectivity index (χ4n) is 0.674. The van der Waals surface area contributed by atoms with Gasteiger partial charge in [-0.15, -0.1) is 0 Å². The van der Waals surface area contributed by atoms with Gasteiger partial charge in [0.25, 0.3) is 0 Å². The molecule has 0 spiro atoms. The van der Waals surface area contributed by atoms with E-state index in [4.69, 9.17) is 0 Å². The molecule has 0 fully saturated rings. The number of rotatable bonds is 6. The molecule has 0 saturated heterocycles. The standard InChI is InChI=1S/C14H16/c1-6-8-9-13(4)14(5)11-10-12(3)7-2/h6-11H,1-5H2. The van der Waals surface area contributed by atoms with Crippen LogP contribution in [0.2, 0.25) is 0 Å².